The Morgan fingerprint density at radius 2 is 2.53 bits per heavy atom. The summed E-state index contributed by atoms with van der Waals surface area (Å²) in [6.45, 7) is 1.97. The summed E-state index contributed by atoms with van der Waals surface area (Å²) in [4.78, 5) is 11.6. The van der Waals surface area contributed by atoms with Gasteiger partial charge in [0, 0.05) is 13.2 Å². The Hall–Kier alpha value is -1.83. The summed E-state index contributed by atoms with van der Waals surface area (Å²) in [5, 5.41) is 15.3. The summed E-state index contributed by atoms with van der Waals surface area (Å²) in [5.41, 5.74) is 0.464. The fourth-order valence-corrected chi connectivity index (χ4v) is 1.29. The highest BCUT2D eigenvalue weighted by atomic mass is 16.2. The minimum Gasteiger partial charge on any atom is -0.335 e. The highest BCUT2D eigenvalue weighted by Gasteiger charge is 2.14. The zero-order chi connectivity index (χ0) is 11.3. The number of hydrogen-bond acceptors (Lipinski definition) is 3. The summed E-state index contributed by atoms with van der Waals surface area (Å²) in [7, 11) is 1.69. The van der Waals surface area contributed by atoms with Crippen LogP contribution in [0, 0.1) is 11.3 Å². The first kappa shape index (κ1) is 11.2. The Balaban J connectivity index is 2.64. The summed E-state index contributed by atoms with van der Waals surface area (Å²) in [5.74, 6) is -0.255. The minimum absolute atomic E-state index is 0.255. The van der Waals surface area contributed by atoms with E-state index in [1.165, 1.54) is 4.68 Å². The van der Waals surface area contributed by atoms with Crippen LogP contribution in [0.3, 0.4) is 0 Å². The van der Waals surface area contributed by atoms with Gasteiger partial charge in [-0.1, -0.05) is 13.3 Å². The zero-order valence-electron chi connectivity index (χ0n) is 8.90. The molecule has 0 saturated carbocycles. The Kier molecular flexibility index (Phi) is 3.86. The van der Waals surface area contributed by atoms with Crippen LogP contribution in [0.5, 0.6) is 0 Å². The van der Waals surface area contributed by atoms with Gasteiger partial charge >= 0.3 is 0 Å². The second-order valence-electron chi connectivity index (χ2n) is 3.28. The number of carbonyl (C=O) groups excluding carboxylic acids is 1. The highest BCUT2D eigenvalue weighted by molar-refractivity contribution is 5.92. The first-order valence-electron chi connectivity index (χ1n) is 4.87. The SMILES string of the molecule is CCCC(C#N)NC(=O)c1ccnn1C. The van der Waals surface area contributed by atoms with Crippen LogP contribution in [-0.2, 0) is 7.05 Å². The predicted molar refractivity (Wildman–Crippen MR) is 55.0 cm³/mol. The topological polar surface area (TPSA) is 70.7 Å². The van der Waals surface area contributed by atoms with E-state index in [-0.39, 0.29) is 5.91 Å². The van der Waals surface area contributed by atoms with Gasteiger partial charge in [0.05, 0.1) is 6.07 Å². The summed E-state index contributed by atoms with van der Waals surface area (Å²) in [6.07, 6.45) is 3.08. The molecule has 0 aliphatic rings. The number of nitrogens with one attached hydrogen (secondary N) is 1. The predicted octanol–water partition coefficient (Wildman–Crippen LogP) is 0.842. The molecule has 1 unspecified atom stereocenters. The van der Waals surface area contributed by atoms with Crippen molar-refractivity contribution in [2.24, 2.45) is 7.05 Å². The lowest BCUT2D eigenvalue weighted by Gasteiger charge is -2.09. The van der Waals surface area contributed by atoms with Gasteiger partial charge in [0.25, 0.3) is 5.91 Å². The third kappa shape index (κ3) is 2.81. The van der Waals surface area contributed by atoms with E-state index in [0.717, 1.165) is 6.42 Å². The average Bonchev–Trinajstić information content (AvgIpc) is 2.63. The maximum absolute atomic E-state index is 11.6. The van der Waals surface area contributed by atoms with Gasteiger partial charge in [-0.25, -0.2) is 0 Å². The van der Waals surface area contributed by atoms with Crippen molar-refractivity contribution in [2.75, 3.05) is 0 Å². The van der Waals surface area contributed by atoms with E-state index in [9.17, 15) is 4.79 Å². The molecule has 0 fully saturated rings. The van der Waals surface area contributed by atoms with E-state index in [1.807, 2.05) is 6.92 Å². The van der Waals surface area contributed by atoms with Gasteiger partial charge in [0.15, 0.2) is 0 Å². The zero-order valence-corrected chi connectivity index (χ0v) is 8.90. The molecule has 5 heteroatoms. The first-order valence-corrected chi connectivity index (χ1v) is 4.87. The summed E-state index contributed by atoms with van der Waals surface area (Å²) >= 11 is 0. The van der Waals surface area contributed by atoms with Crippen molar-refractivity contribution in [3.63, 3.8) is 0 Å². The van der Waals surface area contributed by atoms with Gasteiger partial charge in [-0.3, -0.25) is 9.48 Å². The lowest BCUT2D eigenvalue weighted by atomic mass is 10.2. The lowest BCUT2D eigenvalue weighted by Crippen LogP contribution is -2.34. The normalized spacial score (nSPS) is 11.8. The molecule has 0 aliphatic heterocycles. The summed E-state index contributed by atoms with van der Waals surface area (Å²) in [6, 6.07) is 3.26. The maximum Gasteiger partial charge on any atom is 0.270 e. The van der Waals surface area contributed by atoms with Crippen molar-refractivity contribution in [3.05, 3.63) is 18.0 Å². The second kappa shape index (κ2) is 5.15. The van der Waals surface area contributed by atoms with E-state index in [0.29, 0.717) is 12.1 Å². The molecule has 0 saturated heterocycles. The number of hydrogen-bond donors (Lipinski definition) is 1. The third-order valence-corrected chi connectivity index (χ3v) is 2.09. The quantitative estimate of drug-likeness (QED) is 0.793. The number of aromatic nitrogens is 2. The van der Waals surface area contributed by atoms with Crippen LogP contribution >= 0.6 is 0 Å². The molecule has 1 amide bonds. The van der Waals surface area contributed by atoms with Crippen molar-refractivity contribution in [2.45, 2.75) is 25.8 Å². The van der Waals surface area contributed by atoms with E-state index in [4.69, 9.17) is 5.26 Å². The smallest absolute Gasteiger partial charge is 0.270 e. The number of nitriles is 1. The minimum atomic E-state index is -0.419. The van der Waals surface area contributed by atoms with Crippen LogP contribution in [-0.4, -0.2) is 21.7 Å². The molecule has 1 N–H and O–H groups in total. The number of nitrogens with zero attached hydrogens (tertiary/aromatic N) is 3. The fourth-order valence-electron chi connectivity index (χ4n) is 1.29. The number of aryl methyl sites for hydroxylation is 1. The van der Waals surface area contributed by atoms with Gasteiger partial charge in [0.1, 0.15) is 11.7 Å². The van der Waals surface area contributed by atoms with Gasteiger partial charge in [-0.05, 0) is 12.5 Å². The lowest BCUT2D eigenvalue weighted by molar-refractivity contribution is 0.0934. The Morgan fingerprint density at radius 3 is 3.00 bits per heavy atom. The molecule has 1 aromatic rings. The molecule has 5 nitrogen and oxygen atoms in total. The second-order valence-corrected chi connectivity index (χ2v) is 3.28. The molecule has 1 aromatic heterocycles. The standard InChI is InChI=1S/C10H14N4O/c1-3-4-8(7-11)13-10(15)9-5-6-12-14(9)2/h5-6,8H,3-4H2,1-2H3,(H,13,15). The molecule has 0 bridgehead atoms. The third-order valence-electron chi connectivity index (χ3n) is 2.09. The maximum atomic E-state index is 11.6. The van der Waals surface area contributed by atoms with E-state index in [1.54, 1.807) is 19.3 Å². The fraction of sp³-hybridized carbons (Fsp3) is 0.500. The van der Waals surface area contributed by atoms with Crippen molar-refractivity contribution in [3.8, 4) is 6.07 Å². The van der Waals surface area contributed by atoms with E-state index in [2.05, 4.69) is 16.5 Å². The molecule has 1 heterocycles. The molecule has 15 heavy (non-hydrogen) atoms. The molecule has 0 aromatic carbocycles. The van der Waals surface area contributed by atoms with Gasteiger partial charge in [-0.2, -0.15) is 10.4 Å². The largest absolute Gasteiger partial charge is 0.335 e. The number of amides is 1. The van der Waals surface area contributed by atoms with E-state index < -0.39 is 6.04 Å². The van der Waals surface area contributed by atoms with Crippen molar-refractivity contribution in [1.82, 2.24) is 15.1 Å². The van der Waals surface area contributed by atoms with Crippen LogP contribution in [0.1, 0.15) is 30.3 Å². The Labute approximate surface area is 88.7 Å². The van der Waals surface area contributed by atoms with Crippen LogP contribution in [0.4, 0.5) is 0 Å². The molecule has 80 valence electrons. The molecule has 0 spiro atoms. The van der Waals surface area contributed by atoms with Gasteiger partial charge in [-0.15, -0.1) is 0 Å². The van der Waals surface area contributed by atoms with Crippen molar-refractivity contribution < 1.29 is 4.79 Å². The first-order chi connectivity index (χ1) is 7.19. The Bertz CT molecular complexity index is 377. The Morgan fingerprint density at radius 1 is 1.80 bits per heavy atom. The molecule has 1 atom stereocenters. The molecular weight excluding hydrogens is 192 g/mol. The van der Waals surface area contributed by atoms with Crippen LogP contribution < -0.4 is 5.32 Å². The number of rotatable bonds is 4. The monoisotopic (exact) mass is 206 g/mol. The summed E-state index contributed by atoms with van der Waals surface area (Å²) < 4.78 is 1.48. The van der Waals surface area contributed by atoms with Crippen LogP contribution in [0.15, 0.2) is 12.3 Å². The van der Waals surface area contributed by atoms with Crippen LogP contribution in [0.2, 0.25) is 0 Å². The van der Waals surface area contributed by atoms with Crippen molar-refractivity contribution >= 4 is 5.91 Å². The van der Waals surface area contributed by atoms with Crippen molar-refractivity contribution in [1.29, 1.82) is 5.26 Å². The number of carbonyl (C=O) groups is 1. The van der Waals surface area contributed by atoms with Gasteiger partial charge in [0.2, 0.25) is 0 Å². The molecular formula is C10H14N4O. The average molecular weight is 206 g/mol. The van der Waals surface area contributed by atoms with E-state index >= 15 is 0 Å². The van der Waals surface area contributed by atoms with Crippen LogP contribution in [0.25, 0.3) is 0 Å². The van der Waals surface area contributed by atoms with Gasteiger partial charge < -0.3 is 5.32 Å². The molecule has 0 aliphatic carbocycles. The molecule has 1 rings (SSSR count). The highest BCUT2D eigenvalue weighted by Crippen LogP contribution is 2.00. The molecule has 0 radical (unpaired) electrons.